The van der Waals surface area contributed by atoms with E-state index < -0.39 is 18.5 Å². The number of amides is 2. The van der Waals surface area contributed by atoms with Crippen LogP contribution in [0.4, 0.5) is 11.4 Å². The molecule has 0 aromatic heterocycles. The van der Waals surface area contributed by atoms with Crippen molar-refractivity contribution in [2.24, 2.45) is 0 Å². The number of aryl methyl sites for hydroxylation is 1. The molecule has 0 bridgehead atoms. The summed E-state index contributed by atoms with van der Waals surface area (Å²) in [5.74, 6) is 1.49. The third-order valence-electron chi connectivity index (χ3n) is 5.66. The first-order valence-electron chi connectivity index (χ1n) is 12.9. The van der Waals surface area contributed by atoms with E-state index in [4.69, 9.17) is 14.2 Å². The molecule has 204 valence electrons. The van der Waals surface area contributed by atoms with E-state index in [1.165, 1.54) is 0 Å². The maximum atomic E-state index is 12.2. The minimum absolute atomic E-state index is 0.0234. The van der Waals surface area contributed by atoms with Crippen molar-refractivity contribution in [2.45, 2.75) is 26.2 Å². The van der Waals surface area contributed by atoms with Gasteiger partial charge in [-0.2, -0.15) is 0 Å². The molecule has 0 aliphatic rings. The smallest absolute Gasteiger partial charge is 0.306 e. The van der Waals surface area contributed by atoms with Gasteiger partial charge in [0.05, 0.1) is 0 Å². The van der Waals surface area contributed by atoms with Crippen LogP contribution < -0.4 is 20.1 Å². The molecule has 0 aliphatic heterocycles. The van der Waals surface area contributed by atoms with Gasteiger partial charge in [0, 0.05) is 24.2 Å². The predicted molar refractivity (Wildman–Crippen MR) is 153 cm³/mol. The van der Waals surface area contributed by atoms with E-state index in [-0.39, 0.29) is 18.7 Å². The van der Waals surface area contributed by atoms with Crippen LogP contribution in [0.3, 0.4) is 0 Å². The number of hydrogen-bond donors (Lipinski definition) is 2. The van der Waals surface area contributed by atoms with Gasteiger partial charge in [-0.1, -0.05) is 35.9 Å². The highest BCUT2D eigenvalue weighted by atomic mass is 16.5. The van der Waals surface area contributed by atoms with Gasteiger partial charge in [-0.15, -0.1) is 0 Å². The SMILES string of the molecule is Cc1ccc(Oc2ccc(NC(=O)CCCC(=O)OCC(=O)Nc3ccc(Oc4ccccc4)cc3)cc2)cc1. The number of para-hydroxylation sites is 1. The zero-order valence-corrected chi connectivity index (χ0v) is 22.1. The maximum absolute atomic E-state index is 12.2. The van der Waals surface area contributed by atoms with Gasteiger partial charge in [-0.05, 0) is 86.1 Å². The van der Waals surface area contributed by atoms with Crippen LogP contribution >= 0.6 is 0 Å². The molecule has 8 nitrogen and oxygen atoms in total. The Morgan fingerprint density at radius 1 is 0.575 bits per heavy atom. The summed E-state index contributed by atoms with van der Waals surface area (Å²) >= 11 is 0. The molecule has 8 heteroatoms. The summed E-state index contributed by atoms with van der Waals surface area (Å²) in [6.45, 7) is 1.60. The molecule has 2 amide bonds. The van der Waals surface area contributed by atoms with Crippen LogP contribution in [0, 0.1) is 6.92 Å². The third kappa shape index (κ3) is 9.33. The number of carbonyl (C=O) groups is 3. The summed E-state index contributed by atoms with van der Waals surface area (Å²) in [6.07, 6.45) is 0.458. The standard InChI is InChI=1S/C32H30N2O6/c1-23-10-16-27(17-11-23)40-29-18-12-24(13-19-29)33-30(35)8-5-9-32(37)38-22-31(36)34-25-14-20-28(21-15-25)39-26-6-3-2-4-7-26/h2-4,6-7,10-21H,5,8-9,22H2,1H3,(H,33,35)(H,34,36). The Bertz CT molecular complexity index is 1400. The van der Waals surface area contributed by atoms with Gasteiger partial charge >= 0.3 is 5.97 Å². The molecule has 2 N–H and O–H groups in total. The second-order valence-corrected chi connectivity index (χ2v) is 8.99. The fourth-order valence-electron chi connectivity index (χ4n) is 3.61. The summed E-state index contributed by atoms with van der Waals surface area (Å²) in [4.78, 5) is 36.4. The minimum atomic E-state index is -0.549. The lowest BCUT2D eigenvalue weighted by atomic mass is 10.2. The van der Waals surface area contributed by atoms with E-state index in [0.29, 0.717) is 35.0 Å². The van der Waals surface area contributed by atoms with E-state index in [2.05, 4.69) is 10.6 Å². The molecule has 0 aliphatic carbocycles. The van der Waals surface area contributed by atoms with Gasteiger partial charge < -0.3 is 24.8 Å². The molecule has 4 aromatic rings. The number of esters is 1. The summed E-state index contributed by atoms with van der Waals surface area (Å²) < 4.78 is 16.5. The first-order chi connectivity index (χ1) is 19.4. The molecular weight excluding hydrogens is 508 g/mol. The van der Waals surface area contributed by atoms with E-state index in [9.17, 15) is 14.4 Å². The van der Waals surface area contributed by atoms with Gasteiger partial charge in [0.2, 0.25) is 5.91 Å². The Morgan fingerprint density at radius 2 is 1.05 bits per heavy atom. The van der Waals surface area contributed by atoms with Crippen molar-refractivity contribution in [1.82, 2.24) is 0 Å². The van der Waals surface area contributed by atoms with Crippen LogP contribution in [-0.2, 0) is 19.1 Å². The Balaban J connectivity index is 1.10. The number of benzene rings is 4. The molecule has 0 heterocycles. The summed E-state index contributed by atoms with van der Waals surface area (Å²) in [7, 11) is 0. The number of rotatable bonds is 12. The molecule has 4 aromatic carbocycles. The number of nitrogens with one attached hydrogen (secondary N) is 2. The molecular formula is C32H30N2O6. The average Bonchev–Trinajstić information content (AvgIpc) is 2.96. The fourth-order valence-corrected chi connectivity index (χ4v) is 3.61. The van der Waals surface area contributed by atoms with Crippen LogP contribution in [0.2, 0.25) is 0 Å². The molecule has 4 rings (SSSR count). The lowest BCUT2D eigenvalue weighted by Crippen LogP contribution is -2.21. The van der Waals surface area contributed by atoms with Crippen molar-refractivity contribution < 1.29 is 28.6 Å². The zero-order valence-electron chi connectivity index (χ0n) is 22.1. The highest BCUT2D eigenvalue weighted by molar-refractivity contribution is 5.93. The van der Waals surface area contributed by atoms with Crippen LogP contribution in [0.15, 0.2) is 103 Å². The van der Waals surface area contributed by atoms with E-state index >= 15 is 0 Å². The largest absolute Gasteiger partial charge is 0.457 e. The van der Waals surface area contributed by atoms with Crippen LogP contribution in [0.25, 0.3) is 0 Å². The Morgan fingerprint density at radius 3 is 1.60 bits per heavy atom. The minimum Gasteiger partial charge on any atom is -0.457 e. The third-order valence-corrected chi connectivity index (χ3v) is 5.66. The van der Waals surface area contributed by atoms with Gasteiger partial charge in [0.1, 0.15) is 23.0 Å². The average molecular weight is 539 g/mol. The van der Waals surface area contributed by atoms with Gasteiger partial charge in [0.15, 0.2) is 6.61 Å². The summed E-state index contributed by atoms with van der Waals surface area (Å²) in [6, 6.07) is 31.0. The van der Waals surface area contributed by atoms with Gasteiger partial charge in [0.25, 0.3) is 5.91 Å². The Kier molecular flexibility index (Phi) is 9.88. The second-order valence-electron chi connectivity index (χ2n) is 8.99. The zero-order chi connectivity index (χ0) is 28.2. The van der Waals surface area contributed by atoms with E-state index in [1.54, 1.807) is 48.5 Å². The number of anilines is 2. The molecule has 40 heavy (non-hydrogen) atoms. The van der Waals surface area contributed by atoms with Crippen LogP contribution in [0.1, 0.15) is 24.8 Å². The first-order valence-corrected chi connectivity index (χ1v) is 12.9. The lowest BCUT2D eigenvalue weighted by molar-refractivity contribution is -0.147. The molecule has 0 radical (unpaired) electrons. The number of carbonyl (C=O) groups excluding carboxylic acids is 3. The Labute approximate surface area is 232 Å². The van der Waals surface area contributed by atoms with Crippen molar-refractivity contribution in [3.8, 4) is 23.0 Å². The van der Waals surface area contributed by atoms with Gasteiger partial charge in [-0.3, -0.25) is 14.4 Å². The van der Waals surface area contributed by atoms with Crippen molar-refractivity contribution in [2.75, 3.05) is 17.2 Å². The summed E-state index contributed by atoms with van der Waals surface area (Å²) in [5.41, 5.74) is 2.32. The maximum Gasteiger partial charge on any atom is 0.306 e. The molecule has 0 fully saturated rings. The topological polar surface area (TPSA) is 103 Å². The normalized spacial score (nSPS) is 10.3. The van der Waals surface area contributed by atoms with Crippen LogP contribution in [0.5, 0.6) is 23.0 Å². The van der Waals surface area contributed by atoms with E-state index in [0.717, 1.165) is 11.3 Å². The molecule has 0 unspecified atom stereocenters. The first kappa shape index (κ1) is 27.9. The van der Waals surface area contributed by atoms with Gasteiger partial charge in [-0.25, -0.2) is 0 Å². The van der Waals surface area contributed by atoms with Crippen molar-refractivity contribution in [1.29, 1.82) is 0 Å². The Hall–Kier alpha value is -5.11. The second kappa shape index (κ2) is 14.2. The number of hydrogen-bond acceptors (Lipinski definition) is 6. The quantitative estimate of drug-likeness (QED) is 0.191. The fraction of sp³-hybridized carbons (Fsp3) is 0.156. The molecule has 0 atom stereocenters. The molecule has 0 saturated heterocycles. The predicted octanol–water partition coefficient (Wildman–Crippen LogP) is 6.87. The van der Waals surface area contributed by atoms with E-state index in [1.807, 2.05) is 61.5 Å². The summed E-state index contributed by atoms with van der Waals surface area (Å²) in [5, 5.41) is 5.45. The van der Waals surface area contributed by atoms with Crippen LogP contribution in [-0.4, -0.2) is 24.4 Å². The number of ether oxygens (including phenoxy) is 3. The van der Waals surface area contributed by atoms with Crippen molar-refractivity contribution >= 4 is 29.2 Å². The highest BCUT2D eigenvalue weighted by Crippen LogP contribution is 2.24. The molecule has 0 saturated carbocycles. The van der Waals surface area contributed by atoms with Crippen molar-refractivity contribution in [3.05, 3.63) is 109 Å². The molecule has 0 spiro atoms. The lowest BCUT2D eigenvalue weighted by Gasteiger charge is -2.09. The monoisotopic (exact) mass is 538 g/mol. The highest BCUT2D eigenvalue weighted by Gasteiger charge is 2.10. The van der Waals surface area contributed by atoms with Crippen molar-refractivity contribution in [3.63, 3.8) is 0 Å².